The number of likely N-dealkylation sites (tertiary alicyclic amines) is 1. The summed E-state index contributed by atoms with van der Waals surface area (Å²) in [5.41, 5.74) is 1.27. The average molecular weight is 348 g/mol. The molecule has 2 aromatic rings. The van der Waals surface area contributed by atoms with Gasteiger partial charge >= 0.3 is 0 Å². The van der Waals surface area contributed by atoms with Crippen molar-refractivity contribution < 1.29 is 18.0 Å². The van der Waals surface area contributed by atoms with Crippen LogP contribution in [-0.2, 0) is 0 Å². The molecule has 1 unspecified atom stereocenters. The van der Waals surface area contributed by atoms with Gasteiger partial charge in [0.2, 0.25) is 0 Å². The average Bonchev–Trinajstić information content (AvgIpc) is 3.07. The molecule has 1 fully saturated rings. The molecule has 0 aliphatic carbocycles. The van der Waals surface area contributed by atoms with Crippen LogP contribution in [0.15, 0.2) is 36.4 Å². The number of amides is 1. The zero-order valence-electron chi connectivity index (χ0n) is 13.9. The first kappa shape index (κ1) is 17.5. The summed E-state index contributed by atoms with van der Waals surface area (Å²) < 4.78 is 39.8. The number of carbonyl (C=O) groups is 1. The lowest BCUT2D eigenvalue weighted by Gasteiger charge is -2.24. The second-order valence-electron chi connectivity index (χ2n) is 6.18. The highest BCUT2D eigenvalue weighted by Crippen LogP contribution is 2.25. The minimum atomic E-state index is -1.49. The highest BCUT2D eigenvalue weighted by molar-refractivity contribution is 5.95. The van der Waals surface area contributed by atoms with E-state index in [0.29, 0.717) is 11.1 Å². The first-order chi connectivity index (χ1) is 12.0. The van der Waals surface area contributed by atoms with Crippen molar-refractivity contribution in [3.63, 3.8) is 0 Å². The lowest BCUT2D eigenvalue weighted by atomic mass is 10.0. The minimum absolute atomic E-state index is 0.0548. The van der Waals surface area contributed by atoms with Crippen molar-refractivity contribution in [1.29, 1.82) is 0 Å². The molecule has 132 valence electrons. The van der Waals surface area contributed by atoms with Gasteiger partial charge in [-0.25, -0.2) is 13.2 Å². The van der Waals surface area contributed by atoms with Crippen LogP contribution in [0.3, 0.4) is 0 Å². The summed E-state index contributed by atoms with van der Waals surface area (Å²) in [6.07, 6.45) is 1.95. The van der Waals surface area contributed by atoms with E-state index in [1.54, 1.807) is 24.3 Å². The van der Waals surface area contributed by atoms with E-state index in [2.05, 4.69) is 5.32 Å². The molecule has 1 amide bonds. The van der Waals surface area contributed by atoms with Crippen molar-refractivity contribution in [2.75, 3.05) is 20.1 Å². The lowest BCUT2D eigenvalue weighted by Crippen LogP contribution is -2.40. The molecule has 0 bridgehead atoms. The van der Waals surface area contributed by atoms with Crippen LogP contribution in [0, 0.1) is 17.5 Å². The number of benzene rings is 2. The van der Waals surface area contributed by atoms with Gasteiger partial charge in [0.15, 0.2) is 17.5 Å². The Labute approximate surface area is 144 Å². The monoisotopic (exact) mass is 348 g/mol. The highest BCUT2D eigenvalue weighted by atomic mass is 19.2. The van der Waals surface area contributed by atoms with Crippen LogP contribution in [0.2, 0.25) is 0 Å². The largest absolute Gasteiger partial charge is 0.334 e. The van der Waals surface area contributed by atoms with Crippen LogP contribution in [0.4, 0.5) is 13.2 Å². The zero-order valence-corrected chi connectivity index (χ0v) is 13.9. The molecule has 3 nitrogen and oxygen atoms in total. The third-order valence-corrected chi connectivity index (χ3v) is 4.53. The van der Waals surface area contributed by atoms with Crippen molar-refractivity contribution in [3.8, 4) is 11.1 Å². The van der Waals surface area contributed by atoms with E-state index in [0.717, 1.165) is 38.1 Å². The third-order valence-electron chi connectivity index (χ3n) is 4.53. The van der Waals surface area contributed by atoms with Gasteiger partial charge in [0, 0.05) is 24.7 Å². The smallest absolute Gasteiger partial charge is 0.254 e. The quantitative estimate of drug-likeness (QED) is 0.857. The third kappa shape index (κ3) is 3.54. The number of nitrogens with one attached hydrogen (secondary N) is 1. The van der Waals surface area contributed by atoms with Crippen molar-refractivity contribution >= 4 is 5.91 Å². The van der Waals surface area contributed by atoms with Gasteiger partial charge in [0.25, 0.3) is 5.91 Å². The molecular weight excluding hydrogens is 329 g/mol. The molecule has 6 heteroatoms. The molecule has 0 saturated carbocycles. The summed E-state index contributed by atoms with van der Waals surface area (Å²) in [5.74, 6) is -4.01. The molecule has 0 aromatic heterocycles. The summed E-state index contributed by atoms with van der Waals surface area (Å²) in [7, 11) is 1.86. The zero-order chi connectivity index (χ0) is 18.0. The molecular formula is C19H19F3N2O. The molecule has 2 aromatic carbocycles. The van der Waals surface area contributed by atoms with Gasteiger partial charge in [-0.15, -0.1) is 0 Å². The topological polar surface area (TPSA) is 32.3 Å². The van der Waals surface area contributed by atoms with Gasteiger partial charge in [-0.05, 0) is 55.3 Å². The molecule has 1 aliphatic heterocycles. The predicted octanol–water partition coefficient (Wildman–Crippen LogP) is 3.59. The van der Waals surface area contributed by atoms with Crippen LogP contribution in [0.5, 0.6) is 0 Å². The Balaban J connectivity index is 1.81. The minimum Gasteiger partial charge on any atom is -0.334 e. The summed E-state index contributed by atoms with van der Waals surface area (Å²) in [6.45, 7) is 1.47. The Morgan fingerprint density at radius 2 is 1.76 bits per heavy atom. The van der Waals surface area contributed by atoms with E-state index in [9.17, 15) is 18.0 Å². The van der Waals surface area contributed by atoms with Gasteiger partial charge < -0.3 is 10.2 Å². The van der Waals surface area contributed by atoms with Gasteiger partial charge in [-0.1, -0.05) is 12.1 Å². The summed E-state index contributed by atoms with van der Waals surface area (Å²) in [6, 6.07) is 8.55. The Kier molecular flexibility index (Phi) is 5.08. The van der Waals surface area contributed by atoms with Gasteiger partial charge in [0.1, 0.15) is 0 Å². The summed E-state index contributed by atoms with van der Waals surface area (Å²) in [5, 5.41) is 3.10. The number of likely N-dealkylation sites (N-methyl/N-ethyl adjacent to an activating group) is 1. The van der Waals surface area contributed by atoms with E-state index < -0.39 is 17.5 Å². The van der Waals surface area contributed by atoms with Crippen LogP contribution in [0.25, 0.3) is 11.1 Å². The normalized spacial score (nSPS) is 17.1. The van der Waals surface area contributed by atoms with E-state index in [4.69, 9.17) is 0 Å². The Morgan fingerprint density at radius 1 is 1.12 bits per heavy atom. The molecule has 1 atom stereocenters. The Bertz CT molecular complexity index is 754. The molecule has 0 radical (unpaired) electrons. The van der Waals surface area contributed by atoms with Gasteiger partial charge in [0.05, 0.1) is 0 Å². The van der Waals surface area contributed by atoms with Gasteiger partial charge in [-0.3, -0.25) is 4.79 Å². The van der Waals surface area contributed by atoms with Crippen LogP contribution in [0.1, 0.15) is 23.2 Å². The SMILES string of the molecule is CNCC1CCCN1C(=O)c1ccc(-c2cc(F)c(F)c(F)c2)cc1. The molecule has 0 spiro atoms. The fraction of sp³-hybridized carbons (Fsp3) is 0.316. The number of rotatable bonds is 4. The second-order valence-corrected chi connectivity index (χ2v) is 6.18. The number of hydrogen-bond acceptors (Lipinski definition) is 2. The van der Waals surface area contributed by atoms with Crippen molar-refractivity contribution in [1.82, 2.24) is 10.2 Å². The van der Waals surface area contributed by atoms with E-state index in [1.807, 2.05) is 11.9 Å². The predicted molar refractivity (Wildman–Crippen MR) is 89.7 cm³/mol. The fourth-order valence-electron chi connectivity index (χ4n) is 3.24. The Morgan fingerprint density at radius 3 is 2.36 bits per heavy atom. The number of hydrogen-bond donors (Lipinski definition) is 1. The Hall–Kier alpha value is -2.34. The number of nitrogens with zero attached hydrogens (tertiary/aromatic N) is 1. The first-order valence-corrected chi connectivity index (χ1v) is 8.22. The van der Waals surface area contributed by atoms with E-state index in [-0.39, 0.29) is 17.5 Å². The van der Waals surface area contributed by atoms with Crippen LogP contribution >= 0.6 is 0 Å². The molecule has 25 heavy (non-hydrogen) atoms. The maximum Gasteiger partial charge on any atom is 0.254 e. The fourth-order valence-corrected chi connectivity index (χ4v) is 3.24. The van der Waals surface area contributed by atoms with Crippen LogP contribution < -0.4 is 5.32 Å². The molecule has 1 N–H and O–H groups in total. The van der Waals surface area contributed by atoms with E-state index in [1.165, 1.54) is 0 Å². The van der Waals surface area contributed by atoms with Crippen LogP contribution in [-0.4, -0.2) is 37.0 Å². The maximum absolute atomic E-state index is 13.4. The van der Waals surface area contributed by atoms with Crippen molar-refractivity contribution in [2.24, 2.45) is 0 Å². The highest BCUT2D eigenvalue weighted by Gasteiger charge is 2.28. The molecule has 1 heterocycles. The van der Waals surface area contributed by atoms with E-state index >= 15 is 0 Å². The summed E-state index contributed by atoms with van der Waals surface area (Å²) >= 11 is 0. The second kappa shape index (κ2) is 7.27. The van der Waals surface area contributed by atoms with Crippen molar-refractivity contribution in [2.45, 2.75) is 18.9 Å². The molecule has 1 aliphatic rings. The standard InChI is InChI=1S/C19H19F3N2O/c1-23-11-15-3-2-8-24(15)19(25)13-6-4-12(5-7-13)14-9-16(20)18(22)17(21)10-14/h4-7,9-10,15,23H,2-3,8,11H2,1H3. The lowest BCUT2D eigenvalue weighted by molar-refractivity contribution is 0.0737. The van der Waals surface area contributed by atoms with Crippen molar-refractivity contribution in [3.05, 3.63) is 59.4 Å². The number of carbonyl (C=O) groups excluding carboxylic acids is 1. The first-order valence-electron chi connectivity index (χ1n) is 8.22. The maximum atomic E-state index is 13.4. The van der Waals surface area contributed by atoms with Gasteiger partial charge in [-0.2, -0.15) is 0 Å². The molecule has 3 rings (SSSR count). The summed E-state index contributed by atoms with van der Waals surface area (Å²) in [4.78, 5) is 14.5. The molecule has 1 saturated heterocycles. The number of halogens is 3.